The number of fused-ring (bicyclic) bond motifs is 1. The van der Waals surface area contributed by atoms with Crippen molar-refractivity contribution < 1.29 is 9.13 Å². The van der Waals surface area contributed by atoms with Crippen molar-refractivity contribution in [2.75, 3.05) is 0 Å². The molecule has 104 valence electrons. The van der Waals surface area contributed by atoms with E-state index in [-0.39, 0.29) is 11.9 Å². The van der Waals surface area contributed by atoms with Gasteiger partial charge in [-0.2, -0.15) is 0 Å². The second-order valence-corrected chi connectivity index (χ2v) is 5.59. The summed E-state index contributed by atoms with van der Waals surface area (Å²) in [7, 11) is 0. The number of nitrogens with two attached hydrogens (primary N) is 1. The van der Waals surface area contributed by atoms with Gasteiger partial charge in [0.15, 0.2) is 0 Å². The van der Waals surface area contributed by atoms with E-state index in [1.54, 1.807) is 6.07 Å². The number of aryl methyl sites for hydroxylation is 1. The van der Waals surface area contributed by atoms with Gasteiger partial charge in [-0.15, -0.1) is 0 Å². The van der Waals surface area contributed by atoms with Crippen LogP contribution in [0.5, 0.6) is 5.75 Å². The first kappa shape index (κ1) is 13.4. The Bertz CT molecular complexity index is 659. The highest BCUT2D eigenvalue weighted by molar-refractivity contribution is 6.30. The monoisotopic (exact) mass is 291 g/mol. The van der Waals surface area contributed by atoms with Crippen molar-refractivity contribution in [3.05, 3.63) is 63.9 Å². The maximum Gasteiger partial charge on any atom is 0.130 e. The first-order valence-electron chi connectivity index (χ1n) is 6.52. The molecule has 1 unspecified atom stereocenters. The van der Waals surface area contributed by atoms with E-state index >= 15 is 0 Å². The van der Waals surface area contributed by atoms with Crippen molar-refractivity contribution in [3.8, 4) is 5.75 Å². The lowest BCUT2D eigenvalue weighted by molar-refractivity contribution is 0.157. The fourth-order valence-corrected chi connectivity index (χ4v) is 2.76. The molecule has 0 bridgehead atoms. The number of rotatable bonds is 1. The van der Waals surface area contributed by atoms with Crippen LogP contribution in [0.2, 0.25) is 5.02 Å². The summed E-state index contributed by atoms with van der Waals surface area (Å²) in [5.74, 6) is 0.404. The average Bonchev–Trinajstić information content (AvgIpc) is 2.42. The zero-order valence-corrected chi connectivity index (χ0v) is 11.8. The van der Waals surface area contributed by atoms with Crippen LogP contribution in [0.15, 0.2) is 36.4 Å². The Kier molecular flexibility index (Phi) is 3.40. The summed E-state index contributed by atoms with van der Waals surface area (Å²) in [6.07, 6.45) is 0.132. The number of ether oxygens (including phenoxy) is 1. The van der Waals surface area contributed by atoms with Gasteiger partial charge in [0, 0.05) is 28.6 Å². The summed E-state index contributed by atoms with van der Waals surface area (Å²) in [6.45, 7) is 2.01. The summed E-state index contributed by atoms with van der Waals surface area (Å²) in [5, 5.41) is 0.494. The van der Waals surface area contributed by atoms with Crippen molar-refractivity contribution in [3.63, 3.8) is 0 Å². The van der Waals surface area contributed by atoms with Gasteiger partial charge in [0.05, 0.1) is 0 Å². The van der Waals surface area contributed by atoms with Crippen LogP contribution in [0, 0.1) is 12.7 Å². The zero-order chi connectivity index (χ0) is 14.3. The first-order valence-corrected chi connectivity index (χ1v) is 6.90. The Morgan fingerprint density at radius 2 is 2.00 bits per heavy atom. The molecule has 2 atom stereocenters. The number of halogens is 2. The molecule has 2 N–H and O–H groups in total. The minimum atomic E-state index is -0.404. The van der Waals surface area contributed by atoms with E-state index in [2.05, 4.69) is 0 Å². The van der Waals surface area contributed by atoms with E-state index in [9.17, 15) is 4.39 Å². The minimum Gasteiger partial charge on any atom is -0.485 e. The molecule has 20 heavy (non-hydrogen) atoms. The van der Waals surface area contributed by atoms with E-state index in [4.69, 9.17) is 22.1 Å². The largest absolute Gasteiger partial charge is 0.485 e. The van der Waals surface area contributed by atoms with Crippen molar-refractivity contribution in [2.24, 2.45) is 5.73 Å². The predicted molar refractivity (Wildman–Crippen MR) is 77.5 cm³/mol. The summed E-state index contributed by atoms with van der Waals surface area (Å²) in [4.78, 5) is 0. The van der Waals surface area contributed by atoms with Crippen molar-refractivity contribution in [1.82, 2.24) is 0 Å². The Hall–Kier alpha value is -1.58. The van der Waals surface area contributed by atoms with Crippen LogP contribution in [-0.2, 0) is 0 Å². The maximum absolute atomic E-state index is 13.9. The van der Waals surface area contributed by atoms with Gasteiger partial charge in [0.25, 0.3) is 0 Å². The third-order valence-corrected chi connectivity index (χ3v) is 3.84. The Balaban J connectivity index is 1.99. The van der Waals surface area contributed by atoms with E-state index in [0.29, 0.717) is 17.0 Å². The Labute approximate surface area is 122 Å². The molecule has 0 fully saturated rings. The zero-order valence-electron chi connectivity index (χ0n) is 11.1. The molecular weight excluding hydrogens is 277 g/mol. The van der Waals surface area contributed by atoms with Crippen LogP contribution < -0.4 is 10.5 Å². The molecule has 1 aliphatic rings. The summed E-state index contributed by atoms with van der Waals surface area (Å²) in [5.41, 5.74) is 8.76. The second-order valence-electron chi connectivity index (χ2n) is 5.16. The molecule has 1 heterocycles. The smallest absolute Gasteiger partial charge is 0.130 e. The molecule has 0 saturated carbocycles. The molecule has 0 amide bonds. The standard InChI is InChI=1S/C16H15ClFNO/c1-9-2-5-15-12(6-9)14(19)8-16(20-15)11-7-10(17)3-4-13(11)18/h2-7,14,16H,8,19H2,1H3/t14-,16?/m1/s1. The van der Waals surface area contributed by atoms with Gasteiger partial charge in [-0.05, 0) is 31.2 Å². The second kappa shape index (κ2) is 5.08. The summed E-state index contributed by atoms with van der Waals surface area (Å²) >= 11 is 5.94. The molecule has 0 saturated heterocycles. The normalized spacial score (nSPS) is 21.2. The van der Waals surface area contributed by atoms with E-state index in [0.717, 1.165) is 16.9 Å². The van der Waals surface area contributed by atoms with Gasteiger partial charge < -0.3 is 10.5 Å². The molecule has 2 aromatic rings. The lowest BCUT2D eigenvalue weighted by Crippen LogP contribution is -2.24. The van der Waals surface area contributed by atoms with Crippen LogP contribution in [0.4, 0.5) is 4.39 Å². The molecule has 0 spiro atoms. The topological polar surface area (TPSA) is 35.2 Å². The highest BCUT2D eigenvalue weighted by Gasteiger charge is 2.29. The van der Waals surface area contributed by atoms with Gasteiger partial charge in [0.2, 0.25) is 0 Å². The van der Waals surface area contributed by atoms with Gasteiger partial charge >= 0.3 is 0 Å². The average molecular weight is 292 g/mol. The van der Waals surface area contributed by atoms with Crippen LogP contribution in [0.1, 0.15) is 35.3 Å². The number of hydrogen-bond donors (Lipinski definition) is 1. The van der Waals surface area contributed by atoms with E-state index in [1.165, 1.54) is 12.1 Å². The van der Waals surface area contributed by atoms with Gasteiger partial charge in [-0.1, -0.05) is 29.3 Å². The lowest BCUT2D eigenvalue weighted by Gasteiger charge is -2.31. The van der Waals surface area contributed by atoms with Crippen LogP contribution in [0.3, 0.4) is 0 Å². The molecular formula is C16H15ClFNO. The third-order valence-electron chi connectivity index (χ3n) is 3.61. The molecule has 0 radical (unpaired) electrons. The number of hydrogen-bond acceptors (Lipinski definition) is 2. The van der Waals surface area contributed by atoms with E-state index < -0.39 is 6.10 Å². The minimum absolute atomic E-state index is 0.165. The van der Waals surface area contributed by atoms with Crippen LogP contribution >= 0.6 is 11.6 Å². The molecule has 2 nitrogen and oxygen atoms in total. The highest BCUT2D eigenvalue weighted by Crippen LogP contribution is 2.41. The fraction of sp³-hybridized carbons (Fsp3) is 0.250. The number of benzene rings is 2. The summed E-state index contributed by atoms with van der Waals surface area (Å²) in [6, 6.07) is 10.2. The lowest BCUT2D eigenvalue weighted by atomic mass is 9.92. The molecule has 0 aromatic heterocycles. The van der Waals surface area contributed by atoms with E-state index in [1.807, 2.05) is 25.1 Å². The molecule has 2 aromatic carbocycles. The predicted octanol–water partition coefficient (Wildman–Crippen LogP) is 4.31. The first-order chi connectivity index (χ1) is 9.54. The van der Waals surface area contributed by atoms with Crippen molar-refractivity contribution in [2.45, 2.75) is 25.5 Å². The molecule has 4 heteroatoms. The van der Waals surface area contributed by atoms with Crippen LogP contribution in [-0.4, -0.2) is 0 Å². The SMILES string of the molecule is Cc1ccc2c(c1)[C@H](N)CC(c1cc(Cl)ccc1F)O2. The third kappa shape index (κ3) is 2.39. The fourth-order valence-electron chi connectivity index (χ4n) is 2.58. The Morgan fingerprint density at radius 3 is 2.80 bits per heavy atom. The summed E-state index contributed by atoms with van der Waals surface area (Å²) < 4.78 is 19.8. The molecule has 3 rings (SSSR count). The van der Waals surface area contributed by atoms with Gasteiger partial charge in [-0.3, -0.25) is 0 Å². The van der Waals surface area contributed by atoms with Crippen molar-refractivity contribution in [1.29, 1.82) is 0 Å². The Morgan fingerprint density at radius 1 is 1.20 bits per heavy atom. The van der Waals surface area contributed by atoms with Crippen molar-refractivity contribution >= 4 is 11.6 Å². The van der Waals surface area contributed by atoms with Crippen LogP contribution in [0.25, 0.3) is 0 Å². The highest BCUT2D eigenvalue weighted by atomic mass is 35.5. The maximum atomic E-state index is 13.9. The molecule has 0 aliphatic carbocycles. The molecule has 1 aliphatic heterocycles. The van der Waals surface area contributed by atoms with Gasteiger partial charge in [-0.25, -0.2) is 4.39 Å². The quantitative estimate of drug-likeness (QED) is 0.849. The van der Waals surface area contributed by atoms with Gasteiger partial charge in [0.1, 0.15) is 17.7 Å².